The minimum Gasteiger partial charge on any atom is -0.396 e. The van der Waals surface area contributed by atoms with Gasteiger partial charge in [0.15, 0.2) is 0 Å². The third-order valence-corrected chi connectivity index (χ3v) is 3.32. The first-order chi connectivity index (χ1) is 8.97. The van der Waals surface area contributed by atoms with Gasteiger partial charge in [0.2, 0.25) is 0 Å². The third-order valence-electron chi connectivity index (χ3n) is 2.43. The van der Waals surface area contributed by atoms with Crippen LogP contribution in [0.4, 0.5) is 15.8 Å². The molecule has 0 fully saturated rings. The lowest BCUT2D eigenvalue weighted by Crippen LogP contribution is -2.12. The van der Waals surface area contributed by atoms with Crippen LogP contribution in [0.5, 0.6) is 0 Å². The monoisotopic (exact) mass is 342 g/mol. The Hall–Kier alpha value is -1.59. The third kappa shape index (κ3) is 3.24. The molecule has 0 aliphatic heterocycles. The molecule has 2 aromatic carbocycles. The molecular weight excluding hydrogens is 335 g/mol. The average molecular weight is 344 g/mol. The van der Waals surface area contributed by atoms with E-state index in [1.807, 2.05) is 0 Å². The van der Waals surface area contributed by atoms with Crippen LogP contribution in [-0.4, -0.2) is 5.91 Å². The topological polar surface area (TPSA) is 55.1 Å². The number of anilines is 2. The minimum atomic E-state index is -0.523. The van der Waals surface area contributed by atoms with E-state index in [4.69, 9.17) is 17.3 Å². The smallest absolute Gasteiger partial charge is 0.256 e. The van der Waals surface area contributed by atoms with Crippen molar-refractivity contribution in [1.29, 1.82) is 0 Å². The second-order valence-corrected chi connectivity index (χ2v) is 5.11. The van der Waals surface area contributed by atoms with Crippen LogP contribution in [0.3, 0.4) is 0 Å². The molecule has 0 heterocycles. The molecule has 3 N–H and O–H groups in total. The first-order valence-electron chi connectivity index (χ1n) is 5.29. The maximum Gasteiger partial charge on any atom is 0.256 e. The summed E-state index contributed by atoms with van der Waals surface area (Å²) in [6.07, 6.45) is 0. The molecule has 0 unspecified atom stereocenters. The Balaban J connectivity index is 2.23. The molecule has 1 amide bonds. The zero-order chi connectivity index (χ0) is 14.0. The van der Waals surface area contributed by atoms with Gasteiger partial charge in [-0.1, -0.05) is 11.6 Å². The van der Waals surface area contributed by atoms with E-state index in [0.29, 0.717) is 20.7 Å². The molecule has 0 aromatic heterocycles. The normalized spacial score (nSPS) is 10.3. The summed E-state index contributed by atoms with van der Waals surface area (Å²) >= 11 is 9.06. The van der Waals surface area contributed by atoms with Gasteiger partial charge in [0.25, 0.3) is 5.91 Å². The van der Waals surface area contributed by atoms with Crippen LogP contribution in [-0.2, 0) is 0 Å². The fourth-order valence-corrected chi connectivity index (χ4v) is 2.36. The van der Waals surface area contributed by atoms with Gasteiger partial charge in [-0.05, 0) is 52.3 Å². The van der Waals surface area contributed by atoms with E-state index in [1.54, 1.807) is 18.2 Å². The number of nitrogens with one attached hydrogen (secondary N) is 1. The lowest BCUT2D eigenvalue weighted by atomic mass is 10.2. The lowest BCUT2D eigenvalue weighted by Gasteiger charge is -2.08. The molecule has 0 bridgehead atoms. The van der Waals surface area contributed by atoms with E-state index in [-0.39, 0.29) is 11.6 Å². The molecule has 0 atom stereocenters. The van der Waals surface area contributed by atoms with Gasteiger partial charge in [-0.15, -0.1) is 0 Å². The van der Waals surface area contributed by atoms with Gasteiger partial charge in [0.1, 0.15) is 5.82 Å². The molecule has 0 saturated heterocycles. The highest BCUT2D eigenvalue weighted by Crippen LogP contribution is 2.23. The number of nitrogen functional groups attached to an aromatic ring is 1. The van der Waals surface area contributed by atoms with Gasteiger partial charge in [-0.25, -0.2) is 4.39 Å². The number of nitrogens with two attached hydrogens (primary N) is 1. The van der Waals surface area contributed by atoms with Crippen molar-refractivity contribution in [2.75, 3.05) is 11.1 Å². The molecule has 98 valence electrons. The molecule has 0 radical (unpaired) electrons. The van der Waals surface area contributed by atoms with Crippen molar-refractivity contribution in [3.8, 4) is 0 Å². The number of halogens is 3. The van der Waals surface area contributed by atoms with E-state index in [2.05, 4.69) is 21.2 Å². The number of benzene rings is 2. The van der Waals surface area contributed by atoms with Crippen LogP contribution in [0.1, 0.15) is 10.4 Å². The van der Waals surface area contributed by atoms with Crippen molar-refractivity contribution in [3.63, 3.8) is 0 Å². The summed E-state index contributed by atoms with van der Waals surface area (Å²) in [6, 6.07) is 8.82. The number of rotatable bonds is 2. The molecule has 3 nitrogen and oxygen atoms in total. The number of amides is 1. The van der Waals surface area contributed by atoms with Gasteiger partial charge < -0.3 is 11.1 Å². The Morgan fingerprint density at radius 3 is 2.63 bits per heavy atom. The summed E-state index contributed by atoms with van der Waals surface area (Å²) in [4.78, 5) is 12.0. The Labute approximate surface area is 122 Å². The van der Waals surface area contributed by atoms with Crippen molar-refractivity contribution in [2.24, 2.45) is 0 Å². The Morgan fingerprint density at radius 1 is 1.26 bits per heavy atom. The number of hydrogen-bond donors (Lipinski definition) is 2. The Bertz CT molecular complexity index is 649. The Kier molecular flexibility index (Phi) is 4.07. The Morgan fingerprint density at radius 2 is 2.00 bits per heavy atom. The standard InChI is InChI=1S/C13H9BrClFN2O/c14-10-5-7(15)1-3-9(10)13(19)18-8-2-4-11(16)12(17)6-8/h1-6H,17H2,(H,18,19). The van der Waals surface area contributed by atoms with Crippen LogP contribution < -0.4 is 11.1 Å². The van der Waals surface area contributed by atoms with Crippen molar-refractivity contribution in [1.82, 2.24) is 0 Å². The summed E-state index contributed by atoms with van der Waals surface area (Å²) in [7, 11) is 0. The van der Waals surface area contributed by atoms with Crippen molar-refractivity contribution in [2.45, 2.75) is 0 Å². The predicted octanol–water partition coefficient (Wildman–Crippen LogP) is 4.08. The second kappa shape index (κ2) is 5.59. The van der Waals surface area contributed by atoms with E-state index in [1.165, 1.54) is 18.2 Å². The fourth-order valence-electron chi connectivity index (χ4n) is 1.49. The second-order valence-electron chi connectivity index (χ2n) is 3.81. The molecule has 2 aromatic rings. The number of carbonyl (C=O) groups is 1. The van der Waals surface area contributed by atoms with Gasteiger partial charge in [-0.2, -0.15) is 0 Å². The van der Waals surface area contributed by atoms with E-state index in [0.717, 1.165) is 0 Å². The van der Waals surface area contributed by atoms with Gasteiger partial charge in [-0.3, -0.25) is 4.79 Å². The van der Waals surface area contributed by atoms with Crippen molar-refractivity contribution < 1.29 is 9.18 Å². The molecule has 0 aliphatic carbocycles. The SMILES string of the molecule is Nc1cc(NC(=O)c2ccc(Cl)cc2Br)ccc1F. The van der Waals surface area contributed by atoms with Crippen LogP contribution in [0.25, 0.3) is 0 Å². The van der Waals surface area contributed by atoms with Gasteiger partial charge in [0, 0.05) is 15.2 Å². The zero-order valence-electron chi connectivity index (χ0n) is 9.58. The first kappa shape index (κ1) is 13.8. The number of carbonyl (C=O) groups excluding carboxylic acids is 1. The molecule has 6 heteroatoms. The molecule has 0 aliphatic rings. The molecule has 2 rings (SSSR count). The molecular formula is C13H9BrClFN2O. The quantitative estimate of drug-likeness (QED) is 0.807. The summed E-state index contributed by atoms with van der Waals surface area (Å²) in [5.74, 6) is -0.861. The summed E-state index contributed by atoms with van der Waals surface area (Å²) < 4.78 is 13.6. The summed E-state index contributed by atoms with van der Waals surface area (Å²) in [5.41, 5.74) is 6.26. The minimum absolute atomic E-state index is 0.0204. The highest BCUT2D eigenvalue weighted by molar-refractivity contribution is 9.10. The largest absolute Gasteiger partial charge is 0.396 e. The van der Waals surface area contributed by atoms with Crippen LogP contribution >= 0.6 is 27.5 Å². The maximum atomic E-state index is 13.0. The highest BCUT2D eigenvalue weighted by atomic mass is 79.9. The lowest BCUT2D eigenvalue weighted by molar-refractivity contribution is 0.102. The van der Waals surface area contributed by atoms with E-state index < -0.39 is 5.82 Å². The first-order valence-corrected chi connectivity index (χ1v) is 6.46. The van der Waals surface area contributed by atoms with Gasteiger partial charge in [0.05, 0.1) is 11.3 Å². The number of hydrogen-bond acceptors (Lipinski definition) is 2. The predicted molar refractivity (Wildman–Crippen MR) is 77.9 cm³/mol. The maximum absolute atomic E-state index is 13.0. The van der Waals surface area contributed by atoms with Crippen LogP contribution in [0, 0.1) is 5.82 Å². The van der Waals surface area contributed by atoms with E-state index in [9.17, 15) is 9.18 Å². The van der Waals surface area contributed by atoms with E-state index >= 15 is 0 Å². The zero-order valence-corrected chi connectivity index (χ0v) is 11.9. The van der Waals surface area contributed by atoms with Crippen molar-refractivity contribution in [3.05, 3.63) is 57.3 Å². The summed E-state index contributed by atoms with van der Waals surface area (Å²) in [6.45, 7) is 0. The molecule has 19 heavy (non-hydrogen) atoms. The summed E-state index contributed by atoms with van der Waals surface area (Å²) in [5, 5.41) is 3.15. The fraction of sp³-hybridized carbons (Fsp3) is 0. The molecule has 0 saturated carbocycles. The highest BCUT2D eigenvalue weighted by Gasteiger charge is 2.11. The average Bonchev–Trinajstić information content (AvgIpc) is 2.33. The molecule has 0 spiro atoms. The van der Waals surface area contributed by atoms with Crippen LogP contribution in [0.2, 0.25) is 5.02 Å². The van der Waals surface area contributed by atoms with Crippen molar-refractivity contribution >= 4 is 44.8 Å². The van der Waals surface area contributed by atoms with Gasteiger partial charge >= 0.3 is 0 Å². The van der Waals surface area contributed by atoms with Crippen LogP contribution in [0.15, 0.2) is 40.9 Å².